The van der Waals surface area contributed by atoms with Gasteiger partial charge >= 0.3 is 0 Å². The molecule has 0 aliphatic carbocycles. The van der Waals surface area contributed by atoms with Crippen LogP contribution in [0.4, 0.5) is 5.69 Å². The van der Waals surface area contributed by atoms with Crippen molar-refractivity contribution < 1.29 is 9.59 Å². The van der Waals surface area contributed by atoms with Gasteiger partial charge in [-0.3, -0.25) is 14.6 Å². The van der Waals surface area contributed by atoms with E-state index in [2.05, 4.69) is 14.9 Å². The molecule has 0 N–H and O–H groups in total. The summed E-state index contributed by atoms with van der Waals surface area (Å²) in [4.78, 5) is 36.1. The predicted octanol–water partition coefficient (Wildman–Crippen LogP) is 2.81. The number of ketones is 1. The maximum atomic E-state index is 12.3. The third-order valence-corrected chi connectivity index (χ3v) is 5.22. The fourth-order valence-electron chi connectivity index (χ4n) is 3.04. The SMILES string of the molecule is CC(=O)N1CCN(c2ccc(CC(=O)Cc3cnc(Cl)c(Cl)c3)nc2)CC1. The molecule has 1 saturated heterocycles. The van der Waals surface area contributed by atoms with Crippen LogP contribution >= 0.6 is 23.2 Å². The number of Topliss-reactive ketones (excluding diaryl/α,β-unsaturated/α-hetero) is 1. The normalized spacial score (nSPS) is 14.3. The highest BCUT2D eigenvalue weighted by Gasteiger charge is 2.19. The predicted molar refractivity (Wildman–Crippen MR) is 105 cm³/mol. The van der Waals surface area contributed by atoms with Gasteiger partial charge in [0, 0.05) is 57.8 Å². The summed E-state index contributed by atoms with van der Waals surface area (Å²) < 4.78 is 0. The molecule has 0 bridgehead atoms. The molecule has 3 heterocycles. The van der Waals surface area contributed by atoms with Crippen LogP contribution in [0.1, 0.15) is 18.2 Å². The zero-order valence-corrected chi connectivity index (χ0v) is 16.5. The first-order valence-corrected chi connectivity index (χ1v) is 9.45. The number of piperazine rings is 1. The van der Waals surface area contributed by atoms with Crippen LogP contribution in [0.3, 0.4) is 0 Å². The van der Waals surface area contributed by atoms with Gasteiger partial charge in [0.05, 0.1) is 16.9 Å². The molecule has 0 atom stereocenters. The van der Waals surface area contributed by atoms with Crippen molar-refractivity contribution in [2.45, 2.75) is 19.8 Å². The van der Waals surface area contributed by atoms with E-state index in [1.807, 2.05) is 17.0 Å². The van der Waals surface area contributed by atoms with Crippen molar-refractivity contribution >= 4 is 40.6 Å². The number of carbonyl (C=O) groups excluding carboxylic acids is 2. The summed E-state index contributed by atoms with van der Waals surface area (Å²) in [7, 11) is 0. The summed E-state index contributed by atoms with van der Waals surface area (Å²) in [6.45, 7) is 4.59. The van der Waals surface area contributed by atoms with Crippen molar-refractivity contribution in [3.05, 3.63) is 52.0 Å². The summed E-state index contributed by atoms with van der Waals surface area (Å²) >= 11 is 11.7. The van der Waals surface area contributed by atoms with Crippen LogP contribution in [0.25, 0.3) is 0 Å². The van der Waals surface area contributed by atoms with Crippen LogP contribution in [0.2, 0.25) is 10.2 Å². The zero-order chi connectivity index (χ0) is 19.4. The second kappa shape index (κ2) is 8.67. The quantitative estimate of drug-likeness (QED) is 0.714. The number of halogens is 2. The van der Waals surface area contributed by atoms with E-state index >= 15 is 0 Å². The smallest absolute Gasteiger partial charge is 0.219 e. The van der Waals surface area contributed by atoms with Crippen molar-refractivity contribution in [3.8, 4) is 0 Å². The van der Waals surface area contributed by atoms with E-state index in [1.165, 1.54) is 0 Å². The molecule has 1 aliphatic rings. The molecule has 0 unspecified atom stereocenters. The van der Waals surface area contributed by atoms with Crippen LogP contribution < -0.4 is 4.90 Å². The summed E-state index contributed by atoms with van der Waals surface area (Å²) in [6, 6.07) is 5.50. The van der Waals surface area contributed by atoms with E-state index in [1.54, 1.807) is 25.4 Å². The molecule has 2 aromatic rings. The minimum atomic E-state index is 0.0329. The van der Waals surface area contributed by atoms with Gasteiger partial charge in [-0.25, -0.2) is 4.98 Å². The molecule has 0 radical (unpaired) electrons. The van der Waals surface area contributed by atoms with Gasteiger partial charge in [0.25, 0.3) is 0 Å². The van der Waals surface area contributed by atoms with E-state index in [9.17, 15) is 9.59 Å². The molecule has 0 spiro atoms. The maximum absolute atomic E-state index is 12.3. The Morgan fingerprint density at radius 1 is 1.04 bits per heavy atom. The fraction of sp³-hybridized carbons (Fsp3) is 0.368. The van der Waals surface area contributed by atoms with Crippen molar-refractivity contribution in [2.24, 2.45) is 0 Å². The van der Waals surface area contributed by atoms with Crippen LogP contribution in [-0.2, 0) is 22.4 Å². The number of hydrogen-bond acceptors (Lipinski definition) is 5. The van der Waals surface area contributed by atoms with Gasteiger partial charge in [-0.05, 0) is 23.8 Å². The third kappa shape index (κ3) is 5.17. The Morgan fingerprint density at radius 3 is 2.37 bits per heavy atom. The Labute approximate surface area is 168 Å². The Bertz CT molecular complexity index is 834. The molecular weight excluding hydrogens is 387 g/mol. The number of rotatable bonds is 5. The molecule has 0 aromatic carbocycles. The van der Waals surface area contributed by atoms with Crippen molar-refractivity contribution in [1.29, 1.82) is 0 Å². The standard InChI is InChI=1S/C19H20Cl2N4O2/c1-13(26)24-4-6-25(7-5-24)16-3-2-15(22-12-16)10-17(27)8-14-9-18(20)19(21)23-11-14/h2-3,9,11-12H,4-8,10H2,1H3. The number of pyridine rings is 2. The van der Waals surface area contributed by atoms with Crippen LogP contribution in [0, 0.1) is 0 Å². The molecule has 8 heteroatoms. The average Bonchev–Trinajstić information content (AvgIpc) is 2.65. The second-order valence-corrected chi connectivity index (χ2v) is 7.27. The minimum absolute atomic E-state index is 0.0329. The Kier molecular flexibility index (Phi) is 6.29. The molecule has 3 rings (SSSR count). The largest absolute Gasteiger partial charge is 0.367 e. The zero-order valence-electron chi connectivity index (χ0n) is 15.0. The Morgan fingerprint density at radius 2 is 1.78 bits per heavy atom. The lowest BCUT2D eigenvalue weighted by molar-refractivity contribution is -0.129. The fourth-order valence-corrected chi connectivity index (χ4v) is 3.33. The number of amides is 1. The second-order valence-electron chi connectivity index (χ2n) is 6.51. The summed E-state index contributed by atoms with van der Waals surface area (Å²) in [5.41, 5.74) is 2.46. The first-order chi connectivity index (χ1) is 12.9. The van der Waals surface area contributed by atoms with Crippen molar-refractivity contribution in [3.63, 3.8) is 0 Å². The number of aromatic nitrogens is 2. The highest BCUT2D eigenvalue weighted by Crippen LogP contribution is 2.20. The molecule has 0 saturated carbocycles. The first-order valence-electron chi connectivity index (χ1n) is 8.69. The Hall–Kier alpha value is -2.18. The van der Waals surface area contributed by atoms with Crippen LogP contribution in [0.15, 0.2) is 30.6 Å². The average molecular weight is 407 g/mol. The molecule has 142 valence electrons. The lowest BCUT2D eigenvalue weighted by Gasteiger charge is -2.35. The molecule has 1 fully saturated rings. The number of hydrogen-bond donors (Lipinski definition) is 0. The molecular formula is C19H20Cl2N4O2. The summed E-state index contributed by atoms with van der Waals surface area (Å²) in [5.74, 6) is 0.143. The highest BCUT2D eigenvalue weighted by atomic mass is 35.5. The first kappa shape index (κ1) is 19.6. The van der Waals surface area contributed by atoms with Gasteiger partial charge in [0.1, 0.15) is 10.9 Å². The van der Waals surface area contributed by atoms with E-state index in [4.69, 9.17) is 23.2 Å². The van der Waals surface area contributed by atoms with E-state index in [0.29, 0.717) is 18.1 Å². The lowest BCUT2D eigenvalue weighted by Crippen LogP contribution is -2.48. The summed E-state index contributed by atoms with van der Waals surface area (Å²) in [6.07, 6.45) is 3.83. The number of nitrogens with zero attached hydrogens (tertiary/aromatic N) is 4. The monoisotopic (exact) mass is 406 g/mol. The van der Waals surface area contributed by atoms with Crippen LogP contribution in [-0.4, -0.2) is 52.7 Å². The molecule has 1 amide bonds. The maximum Gasteiger partial charge on any atom is 0.219 e. The Balaban J connectivity index is 1.55. The number of anilines is 1. The van der Waals surface area contributed by atoms with E-state index in [0.717, 1.165) is 30.0 Å². The van der Waals surface area contributed by atoms with E-state index < -0.39 is 0 Å². The molecule has 6 nitrogen and oxygen atoms in total. The number of carbonyl (C=O) groups is 2. The topological polar surface area (TPSA) is 66.4 Å². The third-order valence-electron chi connectivity index (χ3n) is 4.53. The van der Waals surface area contributed by atoms with Gasteiger partial charge < -0.3 is 9.80 Å². The van der Waals surface area contributed by atoms with Gasteiger partial charge in [0.2, 0.25) is 5.91 Å². The molecule has 1 aliphatic heterocycles. The highest BCUT2D eigenvalue weighted by molar-refractivity contribution is 6.41. The summed E-state index contributed by atoms with van der Waals surface area (Å²) in [5, 5.41) is 0.573. The van der Waals surface area contributed by atoms with Crippen molar-refractivity contribution in [1.82, 2.24) is 14.9 Å². The van der Waals surface area contributed by atoms with Gasteiger partial charge in [-0.2, -0.15) is 0 Å². The lowest BCUT2D eigenvalue weighted by atomic mass is 10.1. The van der Waals surface area contributed by atoms with E-state index in [-0.39, 0.29) is 29.7 Å². The molecule has 27 heavy (non-hydrogen) atoms. The van der Waals surface area contributed by atoms with Crippen LogP contribution in [0.5, 0.6) is 0 Å². The van der Waals surface area contributed by atoms with Gasteiger partial charge in [-0.1, -0.05) is 23.2 Å². The van der Waals surface area contributed by atoms with Gasteiger partial charge in [-0.15, -0.1) is 0 Å². The minimum Gasteiger partial charge on any atom is -0.367 e. The molecule has 2 aromatic heterocycles. The van der Waals surface area contributed by atoms with Crippen molar-refractivity contribution in [2.75, 3.05) is 31.1 Å². The van der Waals surface area contributed by atoms with Gasteiger partial charge in [0.15, 0.2) is 0 Å².